The number of aryl methyl sites for hydroxylation is 1. The molecule has 3 aromatic carbocycles. The fraction of sp³-hybridized carbons (Fsp3) is 0.395. The van der Waals surface area contributed by atoms with E-state index >= 15 is 0 Å². The average Bonchev–Trinajstić information content (AvgIpc) is 3.41. The molecule has 0 bridgehead atoms. The quantitative estimate of drug-likeness (QED) is 0.138. The van der Waals surface area contributed by atoms with Crippen LogP contribution in [0.15, 0.2) is 66.7 Å². The van der Waals surface area contributed by atoms with Crippen molar-refractivity contribution >= 4 is 34.9 Å². The van der Waals surface area contributed by atoms with Gasteiger partial charge in [-0.2, -0.15) is 0 Å². The molecule has 2 aliphatic rings. The summed E-state index contributed by atoms with van der Waals surface area (Å²) in [5.74, 6) is 0.511. The van der Waals surface area contributed by atoms with E-state index in [2.05, 4.69) is 4.57 Å². The monoisotopic (exact) mass is 621 g/mol. The first-order valence-electron chi connectivity index (χ1n) is 16.5. The predicted octanol–water partition coefficient (Wildman–Crippen LogP) is 7.23. The highest BCUT2D eigenvalue weighted by atomic mass is 16.5. The molecule has 8 heteroatoms. The third kappa shape index (κ3) is 6.52. The molecule has 6 rings (SSSR count). The van der Waals surface area contributed by atoms with Gasteiger partial charge in [0.15, 0.2) is 0 Å². The third-order valence-electron chi connectivity index (χ3n) is 9.60. The van der Waals surface area contributed by atoms with Crippen LogP contribution in [0, 0.1) is 0 Å². The molecule has 0 atom stereocenters. The van der Waals surface area contributed by atoms with Gasteiger partial charge in [0.05, 0.1) is 24.1 Å². The molecule has 0 unspecified atom stereocenters. The number of benzene rings is 3. The molecule has 46 heavy (non-hydrogen) atoms. The predicted molar refractivity (Wildman–Crippen MR) is 180 cm³/mol. The Kier molecular flexibility index (Phi) is 9.71. The van der Waals surface area contributed by atoms with Gasteiger partial charge >= 0.3 is 5.97 Å². The number of hydrogen-bond donors (Lipinski definition) is 0. The summed E-state index contributed by atoms with van der Waals surface area (Å²) in [6, 6.07) is 21.6. The van der Waals surface area contributed by atoms with Crippen molar-refractivity contribution in [3.63, 3.8) is 0 Å². The maximum Gasteiger partial charge on any atom is 0.337 e. The number of piperidine rings is 1. The Morgan fingerprint density at radius 2 is 1.65 bits per heavy atom. The van der Waals surface area contributed by atoms with E-state index in [1.165, 1.54) is 24.0 Å². The summed E-state index contributed by atoms with van der Waals surface area (Å²) >= 11 is 0. The standard InChI is InChI=1S/C38H43N3O5/c1-39-33-22-29(38(44)45-2)16-18-31(33)36(28-14-8-4-9-15-28)37(39)32-19-17-30(46-25-27-12-6-3-7-13-27)23-34(32)41(26-42)24-35(43)40-20-10-5-11-21-40/h3,6-7,12-13,16-19,22-23,26,28H,4-5,8-11,14-15,20-21,24-25H2,1-2H3. The van der Waals surface area contributed by atoms with E-state index in [9.17, 15) is 14.4 Å². The molecule has 1 aliphatic heterocycles. The Morgan fingerprint density at radius 3 is 2.37 bits per heavy atom. The molecule has 2 heterocycles. The second kappa shape index (κ2) is 14.2. The molecule has 240 valence electrons. The van der Waals surface area contributed by atoms with Crippen molar-refractivity contribution in [2.24, 2.45) is 7.05 Å². The van der Waals surface area contributed by atoms with Crippen molar-refractivity contribution in [2.75, 3.05) is 31.6 Å². The van der Waals surface area contributed by atoms with Gasteiger partial charge in [-0.1, -0.05) is 55.7 Å². The van der Waals surface area contributed by atoms with Crippen LogP contribution in [0.3, 0.4) is 0 Å². The molecular formula is C38H43N3O5. The highest BCUT2D eigenvalue weighted by molar-refractivity contribution is 6.01. The van der Waals surface area contributed by atoms with E-state index in [0.29, 0.717) is 29.5 Å². The van der Waals surface area contributed by atoms with E-state index in [1.807, 2.05) is 78.7 Å². The van der Waals surface area contributed by atoms with Crippen LogP contribution >= 0.6 is 0 Å². The summed E-state index contributed by atoms with van der Waals surface area (Å²) in [4.78, 5) is 42.3. The Bertz CT molecular complexity index is 1700. The van der Waals surface area contributed by atoms with E-state index < -0.39 is 0 Å². The third-order valence-corrected chi connectivity index (χ3v) is 9.60. The highest BCUT2D eigenvalue weighted by Crippen LogP contribution is 2.46. The minimum absolute atomic E-state index is 0.0478. The molecule has 1 saturated carbocycles. The number of carbonyl (C=O) groups is 3. The summed E-state index contributed by atoms with van der Waals surface area (Å²) in [6.45, 7) is 1.77. The number of methoxy groups -OCH3 is 1. The number of esters is 1. The Morgan fingerprint density at radius 1 is 0.913 bits per heavy atom. The molecule has 1 saturated heterocycles. The number of anilines is 1. The lowest BCUT2D eigenvalue weighted by molar-refractivity contribution is -0.131. The fourth-order valence-electron chi connectivity index (χ4n) is 7.19. The molecule has 2 fully saturated rings. The fourth-order valence-corrected chi connectivity index (χ4v) is 7.19. The number of amides is 2. The van der Waals surface area contributed by atoms with Gasteiger partial charge in [0, 0.05) is 42.7 Å². The van der Waals surface area contributed by atoms with Crippen LogP contribution in [0.2, 0.25) is 0 Å². The molecule has 4 aromatic rings. The lowest BCUT2D eigenvalue weighted by Gasteiger charge is -2.30. The van der Waals surface area contributed by atoms with Crippen LogP contribution < -0.4 is 9.64 Å². The van der Waals surface area contributed by atoms with E-state index in [1.54, 1.807) is 0 Å². The Balaban J connectivity index is 1.48. The number of hydrogen-bond acceptors (Lipinski definition) is 5. The zero-order valence-corrected chi connectivity index (χ0v) is 26.9. The molecule has 1 aromatic heterocycles. The summed E-state index contributed by atoms with van der Waals surface area (Å²) < 4.78 is 13.4. The Hall–Kier alpha value is -4.59. The lowest BCUT2D eigenvalue weighted by Crippen LogP contribution is -2.42. The zero-order valence-electron chi connectivity index (χ0n) is 26.9. The maximum absolute atomic E-state index is 13.5. The van der Waals surface area contributed by atoms with Crippen LogP contribution in [0.25, 0.3) is 22.2 Å². The van der Waals surface area contributed by atoms with E-state index in [0.717, 1.165) is 92.2 Å². The van der Waals surface area contributed by atoms with Crippen molar-refractivity contribution in [2.45, 2.75) is 63.9 Å². The number of ether oxygens (including phenoxy) is 2. The number of fused-ring (bicyclic) bond motifs is 1. The van der Waals surface area contributed by atoms with Gasteiger partial charge in [0.25, 0.3) is 0 Å². The lowest BCUT2D eigenvalue weighted by atomic mass is 9.81. The van der Waals surface area contributed by atoms with Crippen LogP contribution in [0.1, 0.15) is 78.8 Å². The normalized spacial score (nSPS) is 15.5. The van der Waals surface area contributed by atoms with Gasteiger partial charge in [0.1, 0.15) is 18.9 Å². The van der Waals surface area contributed by atoms with Crippen LogP contribution in [-0.4, -0.2) is 54.5 Å². The summed E-state index contributed by atoms with van der Waals surface area (Å²) in [6.07, 6.45) is 9.53. The number of nitrogens with zero attached hydrogens (tertiary/aromatic N) is 3. The zero-order chi connectivity index (χ0) is 32.0. The average molecular weight is 622 g/mol. The minimum atomic E-state index is -0.382. The van der Waals surface area contributed by atoms with Gasteiger partial charge in [0.2, 0.25) is 12.3 Å². The van der Waals surface area contributed by atoms with Crippen LogP contribution in [0.5, 0.6) is 5.75 Å². The molecule has 2 amide bonds. The highest BCUT2D eigenvalue weighted by Gasteiger charge is 2.29. The summed E-state index contributed by atoms with van der Waals surface area (Å²) in [7, 11) is 3.40. The van der Waals surface area contributed by atoms with Crippen molar-refractivity contribution in [3.05, 3.63) is 83.4 Å². The number of aromatic nitrogens is 1. The molecule has 0 spiro atoms. The van der Waals surface area contributed by atoms with Gasteiger partial charge in [-0.3, -0.25) is 9.59 Å². The number of likely N-dealkylation sites (tertiary alicyclic amines) is 1. The van der Waals surface area contributed by atoms with Crippen molar-refractivity contribution < 1.29 is 23.9 Å². The first kappa shape index (κ1) is 31.4. The number of carbonyl (C=O) groups excluding carboxylic acids is 3. The summed E-state index contributed by atoms with van der Waals surface area (Å²) in [5.41, 5.74) is 6.15. The van der Waals surface area contributed by atoms with Crippen molar-refractivity contribution in [1.29, 1.82) is 0 Å². The van der Waals surface area contributed by atoms with E-state index in [4.69, 9.17) is 9.47 Å². The molecule has 0 radical (unpaired) electrons. The van der Waals surface area contributed by atoms with Gasteiger partial charge in [-0.25, -0.2) is 4.79 Å². The second-order valence-corrected chi connectivity index (χ2v) is 12.5. The van der Waals surface area contributed by atoms with Gasteiger partial charge < -0.3 is 23.8 Å². The Labute approximate surface area is 270 Å². The molecular weight excluding hydrogens is 578 g/mol. The van der Waals surface area contributed by atoms with E-state index in [-0.39, 0.29) is 18.4 Å². The molecule has 8 nitrogen and oxygen atoms in total. The maximum atomic E-state index is 13.5. The largest absolute Gasteiger partial charge is 0.489 e. The van der Waals surface area contributed by atoms with Crippen LogP contribution in [0.4, 0.5) is 5.69 Å². The summed E-state index contributed by atoms with van der Waals surface area (Å²) in [5, 5.41) is 1.09. The topological polar surface area (TPSA) is 81.1 Å². The first-order chi connectivity index (χ1) is 22.5. The van der Waals surface area contributed by atoms with Crippen molar-refractivity contribution in [3.8, 4) is 17.0 Å². The van der Waals surface area contributed by atoms with Gasteiger partial charge in [-0.05, 0) is 73.4 Å². The smallest absolute Gasteiger partial charge is 0.337 e. The first-order valence-corrected chi connectivity index (χ1v) is 16.5. The van der Waals surface area contributed by atoms with Gasteiger partial charge in [-0.15, -0.1) is 0 Å². The molecule has 1 aliphatic carbocycles. The minimum Gasteiger partial charge on any atom is -0.489 e. The number of rotatable bonds is 10. The second-order valence-electron chi connectivity index (χ2n) is 12.5. The van der Waals surface area contributed by atoms with Crippen molar-refractivity contribution in [1.82, 2.24) is 9.47 Å². The molecule has 0 N–H and O–H groups in total. The van der Waals surface area contributed by atoms with Crippen LogP contribution in [-0.2, 0) is 28.0 Å². The SMILES string of the molecule is COC(=O)c1ccc2c(C3CCCCC3)c(-c3ccc(OCc4ccccc4)cc3N(C=O)CC(=O)N3CCCCC3)n(C)c2c1.